The Morgan fingerprint density at radius 3 is 2.80 bits per heavy atom. The van der Waals surface area contributed by atoms with E-state index in [2.05, 4.69) is 17.9 Å². The van der Waals surface area contributed by atoms with Gasteiger partial charge in [-0.3, -0.25) is 0 Å². The molecule has 2 fully saturated rings. The van der Waals surface area contributed by atoms with Crippen molar-refractivity contribution in [3.63, 3.8) is 0 Å². The zero-order valence-electron chi connectivity index (χ0n) is 9.84. The maximum Gasteiger partial charge on any atom is 0.0628 e. The fraction of sp³-hybridized carbons (Fsp3) is 0.923. The average molecular weight is 206 g/mol. The third-order valence-corrected chi connectivity index (χ3v) is 4.08. The first-order valence-electron chi connectivity index (χ1n) is 6.33. The van der Waals surface area contributed by atoms with Crippen molar-refractivity contribution in [3.05, 3.63) is 0 Å². The molecule has 0 radical (unpaired) electrons. The molecular formula is C13H22N2. The molecule has 2 nitrogen and oxygen atoms in total. The van der Waals surface area contributed by atoms with Crippen LogP contribution in [0.5, 0.6) is 0 Å². The third-order valence-electron chi connectivity index (χ3n) is 4.08. The van der Waals surface area contributed by atoms with Gasteiger partial charge in [-0.25, -0.2) is 0 Å². The van der Waals surface area contributed by atoms with E-state index in [4.69, 9.17) is 5.26 Å². The van der Waals surface area contributed by atoms with Crippen LogP contribution in [0.3, 0.4) is 0 Å². The van der Waals surface area contributed by atoms with E-state index in [1.807, 2.05) is 0 Å². The molecule has 2 heteroatoms. The molecule has 0 spiro atoms. The Bertz CT molecular complexity index is 250. The minimum Gasteiger partial charge on any atom is -0.303 e. The number of rotatable bonds is 3. The molecule has 2 aliphatic rings. The first-order chi connectivity index (χ1) is 7.24. The molecule has 1 aliphatic heterocycles. The van der Waals surface area contributed by atoms with Crippen LogP contribution in [0.2, 0.25) is 0 Å². The molecular weight excluding hydrogens is 184 g/mol. The monoisotopic (exact) mass is 206 g/mol. The summed E-state index contributed by atoms with van der Waals surface area (Å²) in [6.45, 7) is 6.07. The standard InChI is InChI=1S/C13H22N2/c1-12-3-2-9-15(10-4-12)11-13(5-6-13)7-8-14/h12H,2-7,9-11H2,1H3. The van der Waals surface area contributed by atoms with Gasteiger partial charge in [-0.05, 0) is 56.5 Å². The predicted molar refractivity (Wildman–Crippen MR) is 61.4 cm³/mol. The largest absolute Gasteiger partial charge is 0.303 e. The zero-order valence-corrected chi connectivity index (χ0v) is 9.84. The Labute approximate surface area is 93.3 Å². The van der Waals surface area contributed by atoms with E-state index in [0.29, 0.717) is 5.41 Å². The fourth-order valence-corrected chi connectivity index (χ4v) is 2.69. The lowest BCUT2D eigenvalue weighted by Crippen LogP contribution is -2.31. The number of hydrogen-bond donors (Lipinski definition) is 0. The quantitative estimate of drug-likeness (QED) is 0.710. The van der Waals surface area contributed by atoms with Crippen molar-refractivity contribution in [3.8, 4) is 6.07 Å². The van der Waals surface area contributed by atoms with Gasteiger partial charge in [-0.15, -0.1) is 0 Å². The van der Waals surface area contributed by atoms with E-state index in [1.54, 1.807) is 0 Å². The normalized spacial score (nSPS) is 30.5. The summed E-state index contributed by atoms with van der Waals surface area (Å²) < 4.78 is 0. The Balaban J connectivity index is 1.81. The van der Waals surface area contributed by atoms with Crippen LogP contribution in [0.15, 0.2) is 0 Å². The summed E-state index contributed by atoms with van der Waals surface area (Å²) in [5.41, 5.74) is 0.405. The van der Waals surface area contributed by atoms with E-state index < -0.39 is 0 Å². The van der Waals surface area contributed by atoms with Crippen LogP contribution in [0.25, 0.3) is 0 Å². The average Bonchev–Trinajstić information content (AvgIpc) is 2.96. The molecule has 0 aromatic carbocycles. The Hall–Kier alpha value is -0.550. The highest BCUT2D eigenvalue weighted by Gasteiger charge is 2.43. The van der Waals surface area contributed by atoms with Crippen molar-refractivity contribution >= 4 is 0 Å². The maximum atomic E-state index is 8.80. The second kappa shape index (κ2) is 4.53. The molecule has 2 rings (SSSR count). The van der Waals surface area contributed by atoms with Gasteiger partial charge in [0.15, 0.2) is 0 Å². The van der Waals surface area contributed by atoms with Gasteiger partial charge in [0.1, 0.15) is 0 Å². The summed E-state index contributed by atoms with van der Waals surface area (Å²) in [4.78, 5) is 2.60. The number of nitrogens with zero attached hydrogens (tertiary/aromatic N) is 2. The maximum absolute atomic E-state index is 8.80. The summed E-state index contributed by atoms with van der Waals surface area (Å²) >= 11 is 0. The molecule has 0 amide bonds. The summed E-state index contributed by atoms with van der Waals surface area (Å²) in [5, 5.41) is 8.80. The fourth-order valence-electron chi connectivity index (χ4n) is 2.69. The first-order valence-corrected chi connectivity index (χ1v) is 6.33. The van der Waals surface area contributed by atoms with Crippen molar-refractivity contribution < 1.29 is 0 Å². The second-order valence-electron chi connectivity index (χ2n) is 5.65. The molecule has 1 saturated carbocycles. The number of likely N-dealkylation sites (tertiary alicyclic amines) is 1. The smallest absolute Gasteiger partial charge is 0.0628 e. The molecule has 1 saturated heterocycles. The summed E-state index contributed by atoms with van der Waals surface area (Å²) in [6.07, 6.45) is 7.44. The van der Waals surface area contributed by atoms with Crippen LogP contribution in [-0.2, 0) is 0 Å². The van der Waals surface area contributed by atoms with Gasteiger partial charge in [0, 0.05) is 13.0 Å². The molecule has 15 heavy (non-hydrogen) atoms. The number of hydrogen-bond acceptors (Lipinski definition) is 2. The summed E-state index contributed by atoms with van der Waals surface area (Å²) in [6, 6.07) is 2.36. The Kier molecular flexibility index (Phi) is 3.31. The highest BCUT2D eigenvalue weighted by Crippen LogP contribution is 2.49. The van der Waals surface area contributed by atoms with Crippen molar-refractivity contribution in [1.82, 2.24) is 4.90 Å². The molecule has 0 aromatic rings. The van der Waals surface area contributed by atoms with Crippen molar-refractivity contribution in [1.29, 1.82) is 5.26 Å². The van der Waals surface area contributed by atoms with Crippen LogP contribution >= 0.6 is 0 Å². The van der Waals surface area contributed by atoms with Crippen LogP contribution in [-0.4, -0.2) is 24.5 Å². The predicted octanol–water partition coefficient (Wildman–Crippen LogP) is 2.80. The Morgan fingerprint density at radius 2 is 2.13 bits per heavy atom. The summed E-state index contributed by atoms with van der Waals surface area (Å²) in [7, 11) is 0. The highest BCUT2D eigenvalue weighted by molar-refractivity contribution is 5.01. The van der Waals surface area contributed by atoms with Gasteiger partial charge in [-0.1, -0.05) is 6.92 Å². The van der Waals surface area contributed by atoms with Gasteiger partial charge < -0.3 is 4.90 Å². The molecule has 0 aromatic heterocycles. The van der Waals surface area contributed by atoms with Crippen LogP contribution < -0.4 is 0 Å². The molecule has 0 bridgehead atoms. The first kappa shape index (κ1) is 11.0. The highest BCUT2D eigenvalue weighted by atomic mass is 15.1. The van der Waals surface area contributed by atoms with Crippen molar-refractivity contribution in [2.75, 3.05) is 19.6 Å². The third kappa shape index (κ3) is 2.95. The topological polar surface area (TPSA) is 27.0 Å². The lowest BCUT2D eigenvalue weighted by molar-refractivity contribution is 0.226. The minimum atomic E-state index is 0.405. The lowest BCUT2D eigenvalue weighted by atomic mass is 10.0. The molecule has 84 valence electrons. The molecule has 1 atom stereocenters. The van der Waals surface area contributed by atoms with Crippen molar-refractivity contribution in [2.45, 2.75) is 45.4 Å². The molecule has 1 heterocycles. The van der Waals surface area contributed by atoms with E-state index in [-0.39, 0.29) is 0 Å². The number of nitriles is 1. The van der Waals surface area contributed by atoms with Crippen molar-refractivity contribution in [2.24, 2.45) is 11.3 Å². The van der Waals surface area contributed by atoms with E-state index >= 15 is 0 Å². The van der Waals surface area contributed by atoms with E-state index in [1.165, 1.54) is 51.7 Å². The van der Waals surface area contributed by atoms with Gasteiger partial charge >= 0.3 is 0 Å². The van der Waals surface area contributed by atoms with Crippen LogP contribution in [0.1, 0.15) is 45.4 Å². The minimum absolute atomic E-state index is 0.405. The Morgan fingerprint density at radius 1 is 1.33 bits per heavy atom. The molecule has 0 N–H and O–H groups in total. The zero-order chi connectivity index (χ0) is 10.7. The van der Waals surface area contributed by atoms with E-state index in [0.717, 1.165) is 12.3 Å². The van der Waals surface area contributed by atoms with Crippen LogP contribution in [0.4, 0.5) is 0 Å². The lowest BCUT2D eigenvalue weighted by Gasteiger charge is -2.24. The van der Waals surface area contributed by atoms with E-state index in [9.17, 15) is 0 Å². The molecule has 1 aliphatic carbocycles. The van der Waals surface area contributed by atoms with Gasteiger partial charge in [0.25, 0.3) is 0 Å². The second-order valence-corrected chi connectivity index (χ2v) is 5.65. The van der Waals surface area contributed by atoms with Gasteiger partial charge in [0.05, 0.1) is 6.07 Å². The van der Waals surface area contributed by atoms with Gasteiger partial charge in [-0.2, -0.15) is 5.26 Å². The van der Waals surface area contributed by atoms with Crippen LogP contribution in [0, 0.1) is 22.7 Å². The van der Waals surface area contributed by atoms with Gasteiger partial charge in [0.2, 0.25) is 0 Å². The summed E-state index contributed by atoms with van der Waals surface area (Å²) in [5.74, 6) is 0.904. The molecule has 1 unspecified atom stereocenters. The SMILES string of the molecule is CC1CCCN(CC2(CC#N)CC2)CC1.